The summed E-state index contributed by atoms with van der Waals surface area (Å²) in [4.78, 5) is 0. The lowest BCUT2D eigenvalue weighted by atomic mass is 9.87. The number of hydrogen-bond donors (Lipinski definition) is 1. The highest BCUT2D eigenvalue weighted by molar-refractivity contribution is 5.89. The highest BCUT2D eigenvalue weighted by Gasteiger charge is 2.15. The molecule has 1 aromatic heterocycles. The molecule has 2 N–H and O–H groups in total. The van der Waals surface area contributed by atoms with E-state index in [1.807, 2.05) is 11.7 Å². The third-order valence-electron chi connectivity index (χ3n) is 2.75. The highest BCUT2D eigenvalue weighted by Crippen LogP contribution is 2.27. The minimum atomic E-state index is 0.160. The molecule has 0 aliphatic heterocycles. The van der Waals surface area contributed by atoms with Crippen molar-refractivity contribution in [3.8, 4) is 0 Å². The van der Waals surface area contributed by atoms with Crippen LogP contribution in [0.15, 0.2) is 18.2 Å². The first-order valence-corrected chi connectivity index (χ1v) is 5.12. The quantitative estimate of drug-likeness (QED) is 0.714. The van der Waals surface area contributed by atoms with E-state index >= 15 is 0 Å². The molecule has 0 saturated carbocycles. The summed E-state index contributed by atoms with van der Waals surface area (Å²) in [6.07, 6.45) is 0. The summed E-state index contributed by atoms with van der Waals surface area (Å²) in [5, 5.41) is 5.24. The zero-order valence-electron chi connectivity index (χ0n) is 9.70. The molecule has 2 rings (SSSR count). The number of anilines is 1. The van der Waals surface area contributed by atoms with E-state index in [4.69, 9.17) is 5.73 Å². The van der Waals surface area contributed by atoms with Crippen LogP contribution in [0.3, 0.4) is 0 Å². The molecule has 2 aromatic rings. The Bertz CT molecular complexity index is 503. The molecule has 0 radical (unpaired) electrons. The Hall–Kier alpha value is -1.51. The number of fused-ring (bicyclic) bond motifs is 1. The lowest BCUT2D eigenvalue weighted by molar-refractivity contribution is 0.590. The van der Waals surface area contributed by atoms with Crippen LogP contribution in [0.2, 0.25) is 0 Å². The number of nitrogens with two attached hydrogens (primary N) is 1. The molecule has 15 heavy (non-hydrogen) atoms. The normalized spacial score (nSPS) is 12.3. The van der Waals surface area contributed by atoms with Crippen LogP contribution < -0.4 is 5.73 Å². The maximum Gasteiger partial charge on any atom is 0.153 e. The molecule has 1 heterocycles. The molecule has 0 fully saturated rings. The summed E-state index contributed by atoms with van der Waals surface area (Å²) < 4.78 is 1.83. The fourth-order valence-electron chi connectivity index (χ4n) is 1.75. The zero-order valence-corrected chi connectivity index (χ0v) is 9.70. The van der Waals surface area contributed by atoms with E-state index in [0.29, 0.717) is 5.82 Å². The van der Waals surface area contributed by atoms with Gasteiger partial charge in [0.1, 0.15) is 0 Å². The monoisotopic (exact) mass is 203 g/mol. The van der Waals surface area contributed by atoms with E-state index in [2.05, 4.69) is 44.1 Å². The Morgan fingerprint density at radius 3 is 2.53 bits per heavy atom. The summed E-state index contributed by atoms with van der Waals surface area (Å²) in [5.41, 5.74) is 8.37. The molecule has 0 unspecified atom stereocenters. The molecule has 0 aliphatic carbocycles. The van der Waals surface area contributed by atoms with Crippen LogP contribution in [-0.4, -0.2) is 9.78 Å². The smallest absolute Gasteiger partial charge is 0.153 e. The number of hydrogen-bond acceptors (Lipinski definition) is 2. The van der Waals surface area contributed by atoms with Gasteiger partial charge in [-0.15, -0.1) is 0 Å². The maximum atomic E-state index is 5.80. The van der Waals surface area contributed by atoms with Gasteiger partial charge in [0.05, 0.1) is 5.52 Å². The van der Waals surface area contributed by atoms with Crippen LogP contribution in [0.5, 0.6) is 0 Å². The second-order valence-corrected chi connectivity index (χ2v) is 4.99. The summed E-state index contributed by atoms with van der Waals surface area (Å²) in [6, 6.07) is 6.34. The van der Waals surface area contributed by atoms with Gasteiger partial charge in [-0.25, -0.2) is 0 Å². The van der Waals surface area contributed by atoms with Crippen molar-refractivity contribution in [1.29, 1.82) is 0 Å². The van der Waals surface area contributed by atoms with Crippen molar-refractivity contribution in [2.75, 3.05) is 5.73 Å². The SMILES string of the molecule is Cn1nc(N)c2ccc(C(C)(C)C)cc21. The molecule has 0 saturated heterocycles. The van der Waals surface area contributed by atoms with Crippen LogP contribution in [0.1, 0.15) is 26.3 Å². The maximum absolute atomic E-state index is 5.80. The Morgan fingerprint density at radius 1 is 1.27 bits per heavy atom. The predicted molar refractivity (Wildman–Crippen MR) is 63.8 cm³/mol. The second kappa shape index (κ2) is 2.99. The lowest BCUT2D eigenvalue weighted by Crippen LogP contribution is -2.10. The van der Waals surface area contributed by atoms with Crippen molar-refractivity contribution in [3.05, 3.63) is 23.8 Å². The molecule has 0 atom stereocenters. The number of nitrogens with zero attached hydrogens (tertiary/aromatic N) is 2. The number of nitrogen functional groups attached to an aromatic ring is 1. The molecule has 0 spiro atoms. The fourth-order valence-corrected chi connectivity index (χ4v) is 1.75. The Morgan fingerprint density at radius 2 is 1.93 bits per heavy atom. The van der Waals surface area contributed by atoms with E-state index in [1.165, 1.54) is 5.56 Å². The van der Waals surface area contributed by atoms with Crippen LogP contribution >= 0.6 is 0 Å². The summed E-state index contributed by atoms with van der Waals surface area (Å²) in [7, 11) is 1.92. The fraction of sp³-hybridized carbons (Fsp3) is 0.417. The van der Waals surface area contributed by atoms with Gasteiger partial charge in [0.25, 0.3) is 0 Å². The van der Waals surface area contributed by atoms with Crippen molar-refractivity contribution < 1.29 is 0 Å². The van der Waals surface area contributed by atoms with E-state index < -0.39 is 0 Å². The van der Waals surface area contributed by atoms with E-state index in [0.717, 1.165) is 10.9 Å². The largest absolute Gasteiger partial charge is 0.382 e. The zero-order chi connectivity index (χ0) is 11.2. The standard InChI is InChI=1S/C12H17N3/c1-12(2,3)8-5-6-9-10(7-8)15(4)14-11(9)13/h5-7H,1-4H3,(H2,13,14). The van der Waals surface area contributed by atoms with E-state index in [-0.39, 0.29) is 5.41 Å². The van der Waals surface area contributed by atoms with Crippen LogP contribution in [0.4, 0.5) is 5.82 Å². The van der Waals surface area contributed by atoms with Gasteiger partial charge in [-0.2, -0.15) is 5.10 Å². The van der Waals surface area contributed by atoms with Gasteiger partial charge < -0.3 is 5.73 Å². The number of aryl methyl sites for hydroxylation is 1. The molecule has 0 aliphatic rings. The third kappa shape index (κ3) is 1.58. The summed E-state index contributed by atoms with van der Waals surface area (Å²) >= 11 is 0. The van der Waals surface area contributed by atoms with Gasteiger partial charge in [0.2, 0.25) is 0 Å². The lowest BCUT2D eigenvalue weighted by Gasteiger charge is -2.18. The molecule has 1 aromatic carbocycles. The summed E-state index contributed by atoms with van der Waals surface area (Å²) in [5.74, 6) is 0.605. The first-order valence-electron chi connectivity index (χ1n) is 5.12. The van der Waals surface area contributed by atoms with Gasteiger partial charge in [0.15, 0.2) is 5.82 Å². The van der Waals surface area contributed by atoms with Gasteiger partial charge in [-0.05, 0) is 23.1 Å². The number of aromatic nitrogens is 2. The topological polar surface area (TPSA) is 43.8 Å². The first kappa shape index (κ1) is 10.0. The van der Waals surface area contributed by atoms with Crippen LogP contribution in [0, 0.1) is 0 Å². The van der Waals surface area contributed by atoms with Crippen LogP contribution in [-0.2, 0) is 12.5 Å². The van der Waals surface area contributed by atoms with Gasteiger partial charge in [0, 0.05) is 12.4 Å². The Balaban J connectivity index is 2.71. The number of benzene rings is 1. The average molecular weight is 203 g/mol. The minimum Gasteiger partial charge on any atom is -0.382 e. The molecule has 0 bridgehead atoms. The molecule has 80 valence electrons. The van der Waals surface area contributed by atoms with Crippen molar-refractivity contribution in [1.82, 2.24) is 9.78 Å². The van der Waals surface area contributed by atoms with Gasteiger partial charge in [-0.1, -0.05) is 26.8 Å². The summed E-state index contributed by atoms with van der Waals surface area (Å²) in [6.45, 7) is 6.61. The predicted octanol–water partition coefficient (Wildman–Crippen LogP) is 2.45. The van der Waals surface area contributed by atoms with Crippen molar-refractivity contribution >= 4 is 16.7 Å². The van der Waals surface area contributed by atoms with E-state index in [1.54, 1.807) is 0 Å². The first-order chi connectivity index (χ1) is 6.89. The van der Waals surface area contributed by atoms with Gasteiger partial charge in [-0.3, -0.25) is 4.68 Å². The number of rotatable bonds is 0. The molecular formula is C12H17N3. The van der Waals surface area contributed by atoms with Gasteiger partial charge >= 0.3 is 0 Å². The van der Waals surface area contributed by atoms with Crippen molar-refractivity contribution in [2.24, 2.45) is 7.05 Å². The highest BCUT2D eigenvalue weighted by atomic mass is 15.3. The molecular weight excluding hydrogens is 186 g/mol. The molecule has 0 amide bonds. The minimum absolute atomic E-state index is 0.160. The van der Waals surface area contributed by atoms with Crippen LogP contribution in [0.25, 0.3) is 10.9 Å². The average Bonchev–Trinajstić information content (AvgIpc) is 2.41. The third-order valence-corrected chi connectivity index (χ3v) is 2.75. The second-order valence-electron chi connectivity index (χ2n) is 4.99. The Kier molecular flexibility index (Phi) is 2.00. The van der Waals surface area contributed by atoms with Crippen molar-refractivity contribution in [2.45, 2.75) is 26.2 Å². The molecule has 3 nitrogen and oxygen atoms in total. The Labute approximate surface area is 89.9 Å². The van der Waals surface area contributed by atoms with E-state index in [9.17, 15) is 0 Å². The van der Waals surface area contributed by atoms with Crippen molar-refractivity contribution in [3.63, 3.8) is 0 Å². The molecule has 3 heteroatoms.